The van der Waals surface area contributed by atoms with Crippen LogP contribution in [0.4, 0.5) is 10.1 Å². The number of benzene rings is 1. The molecule has 2 N–H and O–H groups in total. The summed E-state index contributed by atoms with van der Waals surface area (Å²) in [4.78, 5) is 13.8. The van der Waals surface area contributed by atoms with Crippen LogP contribution in [0.5, 0.6) is 0 Å². The molecule has 0 radical (unpaired) electrons. The highest BCUT2D eigenvalue weighted by molar-refractivity contribution is 5.83. The molecule has 5 heteroatoms. The first-order valence-electron chi connectivity index (χ1n) is 6.82. The van der Waals surface area contributed by atoms with Crippen LogP contribution < -0.4 is 10.2 Å². The number of rotatable bonds is 3. The van der Waals surface area contributed by atoms with Crippen molar-refractivity contribution >= 4 is 11.6 Å². The highest BCUT2D eigenvalue weighted by Crippen LogP contribution is 2.35. The van der Waals surface area contributed by atoms with Gasteiger partial charge in [0.15, 0.2) is 0 Å². The lowest BCUT2D eigenvalue weighted by Gasteiger charge is -2.24. The first-order chi connectivity index (χ1) is 9.37. The van der Waals surface area contributed by atoms with Crippen molar-refractivity contribution in [2.45, 2.75) is 26.4 Å². The highest BCUT2D eigenvalue weighted by Gasteiger charge is 2.40. The molecule has 0 spiro atoms. The van der Waals surface area contributed by atoms with E-state index in [0.717, 1.165) is 0 Å². The molecule has 110 valence electrons. The number of halogens is 1. The van der Waals surface area contributed by atoms with Crippen LogP contribution in [0.25, 0.3) is 0 Å². The van der Waals surface area contributed by atoms with E-state index < -0.39 is 11.5 Å². The zero-order chi connectivity index (χ0) is 14.9. The first-order valence-corrected chi connectivity index (χ1v) is 6.82. The van der Waals surface area contributed by atoms with Gasteiger partial charge < -0.3 is 15.3 Å². The van der Waals surface area contributed by atoms with Gasteiger partial charge in [-0.1, -0.05) is 6.07 Å². The number of aliphatic hydroxyl groups excluding tert-OH is 1. The summed E-state index contributed by atoms with van der Waals surface area (Å²) in [7, 11) is 1.62. The predicted molar refractivity (Wildman–Crippen MR) is 76.0 cm³/mol. The van der Waals surface area contributed by atoms with E-state index in [9.17, 15) is 14.3 Å². The van der Waals surface area contributed by atoms with Gasteiger partial charge in [0, 0.05) is 20.1 Å². The number of amides is 1. The number of hydrogen-bond donors (Lipinski definition) is 2. The van der Waals surface area contributed by atoms with Crippen LogP contribution in [0.3, 0.4) is 0 Å². The van der Waals surface area contributed by atoms with Gasteiger partial charge in [0.05, 0.1) is 17.2 Å². The van der Waals surface area contributed by atoms with Gasteiger partial charge in [-0.2, -0.15) is 0 Å². The average Bonchev–Trinajstić information content (AvgIpc) is 2.81. The third kappa shape index (κ3) is 2.63. The normalized spacial score (nSPS) is 23.8. The lowest BCUT2D eigenvalue weighted by molar-refractivity contribution is -0.128. The molecule has 1 fully saturated rings. The Labute approximate surface area is 118 Å². The van der Waals surface area contributed by atoms with Gasteiger partial charge in [-0.15, -0.1) is 0 Å². The third-order valence-corrected chi connectivity index (χ3v) is 4.04. The van der Waals surface area contributed by atoms with E-state index in [4.69, 9.17) is 0 Å². The molecule has 1 amide bonds. The molecular formula is C15H21FN2O2. The van der Waals surface area contributed by atoms with Crippen molar-refractivity contribution in [3.8, 4) is 0 Å². The van der Waals surface area contributed by atoms with Gasteiger partial charge in [0.1, 0.15) is 5.82 Å². The van der Waals surface area contributed by atoms with Crippen LogP contribution in [0.1, 0.15) is 31.9 Å². The molecule has 2 atom stereocenters. The van der Waals surface area contributed by atoms with Gasteiger partial charge in [-0.25, -0.2) is 4.39 Å². The Bertz CT molecular complexity index is 519. The Hall–Kier alpha value is -1.62. The van der Waals surface area contributed by atoms with Crippen molar-refractivity contribution in [3.05, 3.63) is 29.6 Å². The summed E-state index contributed by atoms with van der Waals surface area (Å²) < 4.78 is 14.1. The molecule has 1 saturated heterocycles. The Morgan fingerprint density at radius 2 is 2.25 bits per heavy atom. The minimum absolute atomic E-state index is 0.0130. The summed E-state index contributed by atoms with van der Waals surface area (Å²) in [6, 6.07) is 4.75. The van der Waals surface area contributed by atoms with Crippen LogP contribution in [0, 0.1) is 11.2 Å². The van der Waals surface area contributed by atoms with Crippen LogP contribution in [-0.4, -0.2) is 31.2 Å². The highest BCUT2D eigenvalue weighted by atomic mass is 19.1. The van der Waals surface area contributed by atoms with Crippen molar-refractivity contribution in [1.29, 1.82) is 0 Å². The Morgan fingerprint density at radius 3 is 2.80 bits per heavy atom. The second-order valence-electron chi connectivity index (χ2n) is 5.70. The van der Waals surface area contributed by atoms with Crippen molar-refractivity contribution < 1.29 is 14.3 Å². The van der Waals surface area contributed by atoms with Gasteiger partial charge >= 0.3 is 0 Å². The zero-order valence-electron chi connectivity index (χ0n) is 12.1. The maximum atomic E-state index is 14.1. The van der Waals surface area contributed by atoms with Crippen molar-refractivity contribution in [1.82, 2.24) is 5.32 Å². The fourth-order valence-electron chi connectivity index (χ4n) is 2.69. The van der Waals surface area contributed by atoms with E-state index >= 15 is 0 Å². The molecule has 1 unspecified atom stereocenters. The molecule has 4 nitrogen and oxygen atoms in total. The Balaban J connectivity index is 2.20. The molecule has 1 aromatic rings. The minimum Gasteiger partial charge on any atom is -0.389 e. The predicted octanol–water partition coefficient (Wildman–Crippen LogP) is 1.84. The van der Waals surface area contributed by atoms with Crippen LogP contribution in [0.15, 0.2) is 18.2 Å². The van der Waals surface area contributed by atoms with Crippen molar-refractivity contribution in [2.24, 2.45) is 5.41 Å². The smallest absolute Gasteiger partial charge is 0.227 e. The molecule has 0 aromatic heterocycles. The number of carbonyl (C=O) groups is 1. The van der Waals surface area contributed by atoms with Crippen LogP contribution in [0.2, 0.25) is 0 Å². The van der Waals surface area contributed by atoms with E-state index in [0.29, 0.717) is 30.8 Å². The quantitative estimate of drug-likeness (QED) is 0.888. The van der Waals surface area contributed by atoms with Gasteiger partial charge in [-0.05, 0) is 38.0 Å². The molecule has 0 bridgehead atoms. The monoisotopic (exact) mass is 280 g/mol. The molecular weight excluding hydrogens is 259 g/mol. The number of carbonyl (C=O) groups excluding carboxylic acids is 1. The number of nitrogens with zero attached hydrogens (tertiary/aromatic N) is 1. The fourth-order valence-corrected chi connectivity index (χ4v) is 2.69. The second-order valence-corrected chi connectivity index (χ2v) is 5.70. The van der Waals surface area contributed by atoms with Crippen molar-refractivity contribution in [3.63, 3.8) is 0 Å². The second kappa shape index (κ2) is 5.40. The van der Waals surface area contributed by atoms with Crippen LogP contribution >= 0.6 is 0 Å². The van der Waals surface area contributed by atoms with Crippen molar-refractivity contribution in [2.75, 3.05) is 25.0 Å². The zero-order valence-corrected chi connectivity index (χ0v) is 12.1. The first kappa shape index (κ1) is 14.8. The number of anilines is 1. The van der Waals surface area contributed by atoms with Crippen LogP contribution in [-0.2, 0) is 4.79 Å². The van der Waals surface area contributed by atoms with Gasteiger partial charge in [-0.3, -0.25) is 4.79 Å². The summed E-state index contributed by atoms with van der Waals surface area (Å²) in [6.07, 6.45) is 0.0119. The molecule has 1 aliphatic heterocycles. The maximum absolute atomic E-state index is 14.1. The SMILES string of the molecule is CNC(=O)C1(C)CCN(c2ccc([C@H](C)O)cc2F)C1. The van der Waals surface area contributed by atoms with E-state index in [2.05, 4.69) is 5.32 Å². The Morgan fingerprint density at radius 1 is 1.55 bits per heavy atom. The Kier molecular flexibility index (Phi) is 3.99. The third-order valence-electron chi connectivity index (χ3n) is 4.04. The standard InChI is InChI=1S/C15H21FN2O2/c1-10(19)11-4-5-13(12(16)8-11)18-7-6-15(2,9-18)14(20)17-3/h4-5,8,10,19H,6-7,9H2,1-3H3,(H,17,20)/t10-,15?/m0/s1. The lowest BCUT2D eigenvalue weighted by atomic mass is 9.89. The van der Waals surface area contributed by atoms with E-state index in [1.54, 1.807) is 26.1 Å². The number of nitrogens with one attached hydrogen (secondary N) is 1. The summed E-state index contributed by atoms with van der Waals surface area (Å²) in [5, 5.41) is 12.1. The largest absolute Gasteiger partial charge is 0.389 e. The molecule has 2 rings (SSSR count). The molecule has 0 aliphatic carbocycles. The summed E-state index contributed by atoms with van der Waals surface area (Å²) >= 11 is 0. The van der Waals surface area contributed by atoms with E-state index in [-0.39, 0.29) is 11.7 Å². The number of hydrogen-bond acceptors (Lipinski definition) is 3. The fraction of sp³-hybridized carbons (Fsp3) is 0.533. The summed E-state index contributed by atoms with van der Waals surface area (Å²) in [5.74, 6) is -0.370. The summed E-state index contributed by atoms with van der Waals surface area (Å²) in [6.45, 7) is 4.65. The lowest BCUT2D eigenvalue weighted by Crippen LogP contribution is -2.39. The van der Waals surface area contributed by atoms with E-state index in [1.807, 2.05) is 11.8 Å². The molecule has 1 aliphatic rings. The van der Waals surface area contributed by atoms with Gasteiger partial charge in [0.2, 0.25) is 5.91 Å². The minimum atomic E-state index is -0.687. The molecule has 20 heavy (non-hydrogen) atoms. The average molecular weight is 280 g/mol. The molecule has 1 aromatic carbocycles. The van der Waals surface area contributed by atoms with E-state index in [1.165, 1.54) is 6.07 Å². The molecule has 1 heterocycles. The topological polar surface area (TPSA) is 52.6 Å². The van der Waals surface area contributed by atoms with Gasteiger partial charge in [0.25, 0.3) is 0 Å². The molecule has 0 saturated carbocycles. The number of aliphatic hydroxyl groups is 1. The summed E-state index contributed by atoms with van der Waals surface area (Å²) in [5.41, 5.74) is 0.561. The maximum Gasteiger partial charge on any atom is 0.227 e.